The van der Waals surface area contributed by atoms with Crippen molar-refractivity contribution >= 4 is 98.4 Å². The molecule has 15 N–H and O–H groups in total. The van der Waals surface area contributed by atoms with Gasteiger partial charge in [0.1, 0.15) is 0 Å². The number of hydrogen-bond donors (Lipinski definition) is 10. The van der Waals surface area contributed by atoms with Crippen molar-refractivity contribution in [2.24, 2.45) is 147 Å². The maximum Gasteiger partial charge on any atom is 1.00 e. The molecule has 5 fully saturated rings. The Kier molecular flexibility index (Phi) is 68.7. The number of rotatable bonds is 29. The van der Waals surface area contributed by atoms with E-state index in [2.05, 4.69) is 211 Å². The van der Waals surface area contributed by atoms with Crippen molar-refractivity contribution in [1.82, 2.24) is 21.3 Å². The molecule has 17 nitrogen and oxygen atoms in total. The van der Waals surface area contributed by atoms with Crippen LogP contribution < -0.4 is 84.8 Å². The summed E-state index contributed by atoms with van der Waals surface area (Å²) in [5, 5.41) is 31.3. The molecule has 0 spiro atoms. The van der Waals surface area contributed by atoms with E-state index < -0.39 is 0 Å². The van der Waals surface area contributed by atoms with Gasteiger partial charge in [-0.1, -0.05) is 272 Å². The number of nitrogens with zero attached hydrogens (tertiary/aromatic N) is 2. The molecule has 5 aromatic carbocycles. The first-order valence-electron chi connectivity index (χ1n) is 46.4. The largest absolute Gasteiger partial charge is 1.00 e. The molecule has 0 bridgehead atoms. The Morgan fingerprint density at radius 3 is 0.969 bits per heavy atom. The molecular weight excluding hydrogens is 1830 g/mol. The summed E-state index contributed by atoms with van der Waals surface area (Å²) < 4.78 is 2.27. The van der Waals surface area contributed by atoms with Gasteiger partial charge in [0.15, 0.2) is 0 Å². The fourth-order valence-electron chi connectivity index (χ4n) is 18.8. The third-order valence-electron chi connectivity index (χ3n) is 26.0. The maximum absolute atomic E-state index is 12.8. The van der Waals surface area contributed by atoms with Crippen molar-refractivity contribution in [3.63, 3.8) is 0 Å². The van der Waals surface area contributed by atoms with E-state index in [0.29, 0.717) is 166 Å². The number of amides is 4. The van der Waals surface area contributed by atoms with Crippen molar-refractivity contribution in [3.05, 3.63) is 176 Å². The Hall–Kier alpha value is -4.45. The quantitative estimate of drug-likeness (QED) is 0.0121. The summed E-state index contributed by atoms with van der Waals surface area (Å²) in [4.78, 5) is 61.9. The van der Waals surface area contributed by atoms with Gasteiger partial charge in [-0.3, -0.25) is 24.0 Å². The molecule has 0 heterocycles. The van der Waals surface area contributed by atoms with Crippen LogP contribution in [-0.4, -0.2) is 87.8 Å². The van der Waals surface area contributed by atoms with Gasteiger partial charge in [-0.15, -0.1) is 0 Å². The summed E-state index contributed by atoms with van der Waals surface area (Å²) in [7, 11) is 9.40. The van der Waals surface area contributed by atoms with Crippen LogP contribution in [0, 0.1) is 142 Å². The molecule has 5 aromatic rings. The van der Waals surface area contributed by atoms with Crippen molar-refractivity contribution in [2.75, 3.05) is 64.2 Å². The zero-order valence-electron chi connectivity index (χ0n) is 79.3. The van der Waals surface area contributed by atoms with Crippen LogP contribution >= 0.6 is 63.8 Å². The van der Waals surface area contributed by atoms with Gasteiger partial charge >= 0.3 is 62.6 Å². The minimum atomic E-state index is -0.120. The third kappa shape index (κ3) is 47.3. The second kappa shape index (κ2) is 71.2. The average Bonchev–Trinajstić information content (AvgIpc) is 0.838. The summed E-state index contributed by atoms with van der Waals surface area (Å²) in [6.07, 6.45) is 21.5. The van der Waals surface area contributed by atoms with Crippen molar-refractivity contribution < 1.29 is 66.2 Å². The predicted octanol–water partition coefficient (Wildman–Crippen LogP) is 19.1. The molecule has 5 aliphatic carbocycles. The number of anilines is 1. The van der Waals surface area contributed by atoms with E-state index in [1.54, 1.807) is 0 Å². The van der Waals surface area contributed by atoms with Crippen LogP contribution in [0.2, 0.25) is 0 Å². The smallest absolute Gasteiger partial charge is 1.00 e. The summed E-state index contributed by atoms with van der Waals surface area (Å²) >= 11 is 13.2. The minimum Gasteiger partial charge on any atom is 1.00 e. The second-order valence-corrected chi connectivity index (χ2v) is 40.8. The molecule has 0 aromatic heterocycles. The van der Waals surface area contributed by atoms with Gasteiger partial charge < -0.3 is 67.1 Å². The SMILES string of the molecule is C.CC(C)[C@@H]1CC[C@@H](C)C[C@H]1C(=O)Cl.CC(C)[C@@H]1CC[C@@H](C)C[C@H]1C(=O)NCCc1ccccc1Br.CC(C)[C@@H]1CC[C@@H](C)C[C@H]1C(=O)NCCc1ccccc1C#N.CC(C)[C@@H]1CC[C@@H](C)C[C@H]1C(=O)NCCc1ccccc1CN.CC(C)[C@@H]1CC[C@@H](C)C[C@H]1C(=O)NCCc1ccccc1NCCN.NCCN.NCCc1ccccc1Br.[C-]#N.[Cl][Ni][Cl].[Na+]. The van der Waals surface area contributed by atoms with Gasteiger partial charge in [0.05, 0.1) is 11.6 Å². The van der Waals surface area contributed by atoms with Gasteiger partial charge in [-0.05, 0) is 261 Å². The van der Waals surface area contributed by atoms with E-state index in [9.17, 15) is 24.0 Å². The molecule has 712 valence electrons. The van der Waals surface area contributed by atoms with E-state index in [-0.39, 0.29) is 95.4 Å². The number of carbonyl (C=O) groups excluding carboxylic acids is 5. The van der Waals surface area contributed by atoms with Gasteiger partial charge in [0, 0.05) is 103 Å². The number of carbonyl (C=O) groups is 5. The van der Waals surface area contributed by atoms with Gasteiger partial charge in [0.25, 0.3) is 0 Å². The number of halogens is 5. The fourth-order valence-corrected chi connectivity index (χ4v) is 20.0. The number of nitrogens with two attached hydrogens (primary N) is 5. The summed E-state index contributed by atoms with van der Waals surface area (Å²) in [6, 6.07) is 42.6. The molecular formula is C103H164Br2Cl3N12NaNiO5. The average molecular weight is 2000 g/mol. The first-order valence-corrected chi connectivity index (χ1v) is 51.1. The Labute approximate surface area is 828 Å². The molecule has 5 aliphatic rings. The Morgan fingerprint density at radius 2 is 0.661 bits per heavy atom. The summed E-state index contributed by atoms with van der Waals surface area (Å²) in [6.45, 7) is 44.9. The Morgan fingerprint density at radius 1 is 0.394 bits per heavy atom. The fraction of sp³-hybridized carbons (Fsp3) is 0.641. The standard InChI is InChI=1S/C21H35N3O.C20H32N2O.C20H28N2O.C19H28BrNO.C11H19ClO.C8H10BrN.C2H8N2.CN.CH4.2ClH.Na.Ni/c1-15(2)18-9-8-16(3)14-19(18)21(25)24-12-10-17-6-4-5-7-20(17)23-13-11-22;2*1-14(2)18-9-8-15(3)12-19(18)20(23)22-11-10-16-6-4-5-7-17(16)13-21;1-13(2)16-9-8-14(3)12-17(16)19(22)21-11-10-15-6-4-5-7-18(15)20;1-7(2)9-5-4-8(3)6-10(9)11(12)13;9-8-4-2-1-3-7(8)5-6-10;3-1-2-4;1-2;;;;;/h4-7,15-16,18-19,23H,8-14,22H2,1-3H3,(H,24,25);4-7,14-15,18-19H,8-13,21H2,1-3H3,(H,22,23);4-7,14-15,18-19H,8-12H2,1-3H3,(H,22,23);4-7,13-14,16-17H,8-12H2,1-3H3,(H,21,22);7-10H,4-6H2,1-3H3;1-4H,5-6,10H2;1-4H2;;1H4;2*1H;;/q;;;;;;;-1;;;;+1;+2/p-2/t16-,18+,19-;2*15-,18+,19-;14-,16+,17-;8-,9+,10-;;;;;;;;/m11111......../s1. The topological polar surface area (TPSA) is 323 Å². The van der Waals surface area contributed by atoms with E-state index in [1.165, 1.54) is 85.6 Å². The minimum absolute atomic E-state index is 0. The zero-order valence-corrected chi connectivity index (χ0v) is 87.8. The van der Waals surface area contributed by atoms with Gasteiger partial charge in [-0.25, -0.2) is 0 Å². The van der Waals surface area contributed by atoms with Crippen LogP contribution in [0.25, 0.3) is 0 Å². The van der Waals surface area contributed by atoms with E-state index in [4.69, 9.17) is 77.8 Å². The van der Waals surface area contributed by atoms with Crippen LogP contribution in [0.5, 0.6) is 0 Å². The van der Waals surface area contributed by atoms with E-state index in [1.807, 2.05) is 78.9 Å². The number of nitrogens with one attached hydrogen (secondary N) is 5. The van der Waals surface area contributed by atoms with Crippen molar-refractivity contribution in [1.29, 1.82) is 10.5 Å². The maximum atomic E-state index is 12.8. The molecule has 0 saturated heterocycles. The van der Waals surface area contributed by atoms with Crippen LogP contribution in [0.4, 0.5) is 5.69 Å². The van der Waals surface area contributed by atoms with Crippen molar-refractivity contribution in [3.8, 4) is 6.07 Å². The Balaban J connectivity index is 0.00000149. The van der Waals surface area contributed by atoms with Crippen LogP contribution in [0.3, 0.4) is 0 Å². The van der Waals surface area contributed by atoms with Crippen LogP contribution in [-0.2, 0) is 75.3 Å². The first kappa shape index (κ1) is 123. The summed E-state index contributed by atoms with van der Waals surface area (Å²) in [5.41, 5.74) is 35.6. The monoisotopic (exact) mass is 1990 g/mol. The number of para-hydroxylation sites is 1. The first-order chi connectivity index (χ1) is 59.7. The van der Waals surface area contributed by atoms with Gasteiger partial charge in [0.2, 0.25) is 28.9 Å². The van der Waals surface area contributed by atoms with E-state index >= 15 is 0 Å². The molecule has 5 saturated carbocycles. The Bertz CT molecular complexity index is 3880. The molecule has 0 unspecified atom stereocenters. The predicted molar refractivity (Wildman–Crippen MR) is 534 cm³/mol. The number of nitriles is 1. The third-order valence-corrected chi connectivity index (χ3v) is 27.8. The number of hydrogen-bond acceptors (Lipinski definition) is 13. The summed E-state index contributed by atoms with van der Waals surface area (Å²) in [5.74, 6) is 10.6. The van der Waals surface area contributed by atoms with Crippen LogP contribution in [0.15, 0.2) is 130 Å². The molecule has 0 radical (unpaired) electrons. The molecule has 127 heavy (non-hydrogen) atoms. The van der Waals surface area contributed by atoms with Gasteiger partial charge in [-0.2, -0.15) is 5.26 Å². The number of benzene rings is 5. The van der Waals surface area contributed by atoms with E-state index in [0.717, 1.165) is 97.5 Å². The molecule has 10 rings (SSSR count). The normalized spacial score (nSPS) is 22.6. The molecule has 4 amide bonds. The molecule has 0 aliphatic heterocycles. The van der Waals surface area contributed by atoms with Crippen molar-refractivity contribution in [2.45, 2.75) is 246 Å². The zero-order chi connectivity index (χ0) is 93.5. The van der Waals surface area contributed by atoms with Crippen LogP contribution in [0.1, 0.15) is 247 Å². The second-order valence-electron chi connectivity index (χ2n) is 37.1. The molecule has 15 atom stereocenters. The molecule has 24 heteroatoms.